The van der Waals surface area contributed by atoms with Crippen molar-refractivity contribution in [3.05, 3.63) is 70.8 Å². The van der Waals surface area contributed by atoms with Gasteiger partial charge in [-0.1, -0.05) is 36.8 Å². The van der Waals surface area contributed by atoms with Gasteiger partial charge in [-0.3, -0.25) is 9.59 Å². The molecule has 2 aliphatic rings. The summed E-state index contributed by atoms with van der Waals surface area (Å²) in [6.45, 7) is 7.51. The summed E-state index contributed by atoms with van der Waals surface area (Å²) in [5, 5.41) is 0. The third-order valence-corrected chi connectivity index (χ3v) is 6.68. The number of nitrogens with zero attached hydrogens (tertiary/aromatic N) is 2. The zero-order valence-corrected chi connectivity index (χ0v) is 18.1. The molecule has 1 unspecified atom stereocenters. The molecule has 4 rings (SSSR count). The van der Waals surface area contributed by atoms with Gasteiger partial charge in [-0.05, 0) is 68.4 Å². The fourth-order valence-electron chi connectivity index (χ4n) is 4.63. The molecule has 2 aromatic rings. The highest BCUT2D eigenvalue weighted by Gasteiger charge is 2.27. The highest BCUT2D eigenvalue weighted by atomic mass is 16.2. The Labute approximate surface area is 179 Å². The summed E-state index contributed by atoms with van der Waals surface area (Å²) in [4.78, 5) is 29.9. The monoisotopic (exact) mass is 404 g/mol. The third kappa shape index (κ3) is 4.58. The van der Waals surface area contributed by atoms with Gasteiger partial charge in [0.15, 0.2) is 0 Å². The molecule has 2 saturated heterocycles. The van der Waals surface area contributed by atoms with Crippen LogP contribution in [0.15, 0.2) is 48.5 Å². The van der Waals surface area contributed by atoms with Crippen molar-refractivity contribution in [2.45, 2.75) is 45.4 Å². The molecule has 0 aromatic heterocycles. The van der Waals surface area contributed by atoms with Crippen LogP contribution >= 0.6 is 0 Å². The van der Waals surface area contributed by atoms with E-state index in [-0.39, 0.29) is 17.7 Å². The largest absolute Gasteiger partial charge is 0.339 e. The van der Waals surface area contributed by atoms with Crippen LogP contribution in [0.1, 0.15) is 70.4 Å². The Hall–Kier alpha value is -2.62. The van der Waals surface area contributed by atoms with E-state index in [1.807, 2.05) is 53.1 Å². The van der Waals surface area contributed by atoms with E-state index in [1.165, 1.54) is 5.56 Å². The van der Waals surface area contributed by atoms with Crippen molar-refractivity contribution >= 4 is 11.8 Å². The Kier molecular flexibility index (Phi) is 6.21. The Morgan fingerprint density at radius 2 is 1.53 bits per heavy atom. The maximum absolute atomic E-state index is 13.0. The summed E-state index contributed by atoms with van der Waals surface area (Å²) in [6, 6.07) is 15.9. The minimum Gasteiger partial charge on any atom is -0.339 e. The predicted molar refractivity (Wildman–Crippen MR) is 120 cm³/mol. The average molecular weight is 405 g/mol. The lowest BCUT2D eigenvalue weighted by molar-refractivity contribution is 0.0689. The van der Waals surface area contributed by atoms with Crippen molar-refractivity contribution in [3.63, 3.8) is 0 Å². The van der Waals surface area contributed by atoms with Crippen LogP contribution in [0.5, 0.6) is 0 Å². The number of rotatable bonds is 3. The summed E-state index contributed by atoms with van der Waals surface area (Å²) >= 11 is 0. The molecule has 2 heterocycles. The van der Waals surface area contributed by atoms with Gasteiger partial charge in [0.25, 0.3) is 11.8 Å². The molecule has 0 spiro atoms. The molecule has 0 N–H and O–H groups in total. The molecule has 0 aliphatic carbocycles. The van der Waals surface area contributed by atoms with Crippen LogP contribution in [0.25, 0.3) is 0 Å². The van der Waals surface area contributed by atoms with Crippen molar-refractivity contribution in [2.75, 3.05) is 26.2 Å². The van der Waals surface area contributed by atoms with Crippen LogP contribution in [0.2, 0.25) is 0 Å². The minimum absolute atomic E-state index is 0.106. The number of carbonyl (C=O) groups is 2. The number of hydrogen-bond donors (Lipinski definition) is 0. The molecule has 2 fully saturated rings. The van der Waals surface area contributed by atoms with Crippen LogP contribution in [-0.2, 0) is 0 Å². The number of amides is 2. The Balaban J connectivity index is 1.46. The Morgan fingerprint density at radius 3 is 2.27 bits per heavy atom. The van der Waals surface area contributed by atoms with Gasteiger partial charge in [0.2, 0.25) is 0 Å². The van der Waals surface area contributed by atoms with Gasteiger partial charge < -0.3 is 9.80 Å². The lowest BCUT2D eigenvalue weighted by atomic mass is 9.89. The van der Waals surface area contributed by atoms with E-state index in [4.69, 9.17) is 0 Å². The molecule has 2 aromatic carbocycles. The molecule has 1 atom stereocenters. The molecule has 30 heavy (non-hydrogen) atoms. The highest BCUT2D eigenvalue weighted by molar-refractivity contribution is 5.95. The van der Waals surface area contributed by atoms with Crippen LogP contribution in [-0.4, -0.2) is 47.8 Å². The number of piperidine rings is 2. The van der Waals surface area contributed by atoms with Gasteiger partial charge in [-0.25, -0.2) is 0 Å². The fraction of sp³-hybridized carbons (Fsp3) is 0.462. The standard InChI is InChI=1S/C26H32N2O2/c1-19-8-10-21(11-9-19)25(29)28-14-4-7-24(18-28)22-5-3-6-23(17-22)26(30)27-15-12-20(2)13-16-27/h3,5-6,8-11,17,20,24H,4,7,12-16,18H2,1-2H3. The van der Waals surface area contributed by atoms with E-state index in [0.29, 0.717) is 12.5 Å². The molecule has 4 heteroatoms. The lowest BCUT2D eigenvalue weighted by Crippen LogP contribution is -2.39. The molecule has 2 aliphatic heterocycles. The van der Waals surface area contributed by atoms with E-state index in [9.17, 15) is 9.59 Å². The summed E-state index contributed by atoms with van der Waals surface area (Å²) in [5.41, 5.74) is 3.87. The molecule has 4 nitrogen and oxygen atoms in total. The summed E-state index contributed by atoms with van der Waals surface area (Å²) in [7, 11) is 0. The second-order valence-electron chi connectivity index (χ2n) is 9.06. The first-order chi connectivity index (χ1) is 14.5. The minimum atomic E-state index is 0.106. The van der Waals surface area contributed by atoms with E-state index in [0.717, 1.165) is 62.0 Å². The third-order valence-electron chi connectivity index (χ3n) is 6.68. The van der Waals surface area contributed by atoms with Gasteiger partial charge in [0, 0.05) is 43.2 Å². The summed E-state index contributed by atoms with van der Waals surface area (Å²) in [5.74, 6) is 1.24. The topological polar surface area (TPSA) is 40.6 Å². The highest BCUT2D eigenvalue weighted by Crippen LogP contribution is 2.29. The molecule has 0 radical (unpaired) electrons. The SMILES string of the molecule is Cc1ccc(C(=O)N2CCCC(c3cccc(C(=O)N4CCC(C)CC4)c3)C2)cc1. The van der Waals surface area contributed by atoms with Crippen LogP contribution in [0.4, 0.5) is 0 Å². The van der Waals surface area contributed by atoms with Crippen molar-refractivity contribution < 1.29 is 9.59 Å². The molecule has 158 valence electrons. The number of benzene rings is 2. The average Bonchev–Trinajstić information content (AvgIpc) is 2.79. The molecule has 2 amide bonds. The first kappa shape index (κ1) is 20.6. The van der Waals surface area contributed by atoms with E-state index >= 15 is 0 Å². The van der Waals surface area contributed by atoms with E-state index < -0.39 is 0 Å². The first-order valence-electron chi connectivity index (χ1n) is 11.3. The van der Waals surface area contributed by atoms with E-state index in [1.54, 1.807) is 0 Å². The summed E-state index contributed by atoms with van der Waals surface area (Å²) in [6.07, 6.45) is 4.22. The molecule has 0 saturated carbocycles. The number of hydrogen-bond acceptors (Lipinski definition) is 2. The predicted octanol–water partition coefficient (Wildman–Crippen LogP) is 4.89. The molecular weight excluding hydrogens is 372 g/mol. The second-order valence-corrected chi connectivity index (χ2v) is 9.06. The van der Waals surface area contributed by atoms with Crippen LogP contribution < -0.4 is 0 Å². The van der Waals surface area contributed by atoms with Crippen LogP contribution in [0, 0.1) is 12.8 Å². The normalized spacial score (nSPS) is 20.3. The van der Waals surface area contributed by atoms with Gasteiger partial charge in [-0.2, -0.15) is 0 Å². The smallest absolute Gasteiger partial charge is 0.253 e. The van der Waals surface area contributed by atoms with Crippen molar-refractivity contribution in [2.24, 2.45) is 5.92 Å². The fourth-order valence-corrected chi connectivity index (χ4v) is 4.63. The van der Waals surface area contributed by atoms with Gasteiger partial charge in [-0.15, -0.1) is 0 Å². The lowest BCUT2D eigenvalue weighted by Gasteiger charge is -2.33. The van der Waals surface area contributed by atoms with Crippen molar-refractivity contribution in [3.8, 4) is 0 Å². The Morgan fingerprint density at radius 1 is 0.833 bits per heavy atom. The molecular formula is C26H32N2O2. The number of carbonyl (C=O) groups excluding carboxylic acids is 2. The maximum Gasteiger partial charge on any atom is 0.253 e. The zero-order chi connectivity index (χ0) is 21.1. The van der Waals surface area contributed by atoms with Gasteiger partial charge >= 0.3 is 0 Å². The summed E-state index contributed by atoms with van der Waals surface area (Å²) < 4.78 is 0. The van der Waals surface area contributed by atoms with Crippen molar-refractivity contribution in [1.82, 2.24) is 9.80 Å². The maximum atomic E-state index is 13.0. The quantitative estimate of drug-likeness (QED) is 0.731. The first-order valence-corrected chi connectivity index (χ1v) is 11.3. The van der Waals surface area contributed by atoms with Crippen LogP contribution in [0.3, 0.4) is 0 Å². The number of aryl methyl sites for hydroxylation is 1. The van der Waals surface area contributed by atoms with E-state index in [2.05, 4.69) is 19.1 Å². The Bertz CT molecular complexity index is 898. The van der Waals surface area contributed by atoms with Gasteiger partial charge in [0.05, 0.1) is 0 Å². The molecule has 0 bridgehead atoms. The van der Waals surface area contributed by atoms with Gasteiger partial charge in [0.1, 0.15) is 0 Å². The number of likely N-dealkylation sites (tertiary alicyclic amines) is 2. The zero-order valence-electron chi connectivity index (χ0n) is 18.1. The second kappa shape index (κ2) is 9.03. The van der Waals surface area contributed by atoms with Crippen molar-refractivity contribution in [1.29, 1.82) is 0 Å².